The largest absolute Gasteiger partial charge is 0.512 e. The average molecular weight is 347 g/mol. The molecule has 0 bridgehead atoms. The molecule has 1 aromatic carbocycles. The van der Waals surface area contributed by atoms with Gasteiger partial charge in [-0.1, -0.05) is 53.2 Å². The number of halogens is 1. The molecule has 0 aliphatic carbocycles. The fraction of sp³-hybridized carbons (Fsp3) is 0.571. The van der Waals surface area contributed by atoms with Gasteiger partial charge in [-0.05, 0) is 18.9 Å². The normalized spacial score (nSPS) is 16.9. The van der Waals surface area contributed by atoms with Crippen molar-refractivity contribution in [1.82, 2.24) is 0 Å². The van der Waals surface area contributed by atoms with Crippen molar-refractivity contribution in [3.63, 3.8) is 0 Å². The summed E-state index contributed by atoms with van der Waals surface area (Å²) >= 11 is 3.79. The van der Waals surface area contributed by atoms with Crippen LogP contribution in [0.2, 0.25) is 0 Å². The molecule has 0 aromatic heterocycles. The van der Waals surface area contributed by atoms with Gasteiger partial charge in [0, 0.05) is 26.2 Å². The standard InChI is InChI=1S/C14H23BrO3Si/c1-6-13(15)14(2,12-10-8-7-9-11-12)19(16-3,17-4)18-5/h7-11,13H,6H2,1-5H3. The predicted octanol–water partition coefficient (Wildman–Crippen LogP) is 3.54. The number of rotatable bonds is 7. The lowest BCUT2D eigenvalue weighted by Crippen LogP contribution is -2.63. The van der Waals surface area contributed by atoms with Crippen LogP contribution in [-0.2, 0) is 18.3 Å². The summed E-state index contributed by atoms with van der Waals surface area (Å²) in [5.74, 6) is 0. The molecular formula is C14H23BrO3Si. The van der Waals surface area contributed by atoms with Crippen molar-refractivity contribution in [3.05, 3.63) is 35.9 Å². The Labute approximate surface area is 125 Å². The van der Waals surface area contributed by atoms with Crippen molar-refractivity contribution in [2.24, 2.45) is 0 Å². The fourth-order valence-corrected chi connectivity index (χ4v) is 6.61. The van der Waals surface area contributed by atoms with E-state index in [0.717, 1.165) is 12.0 Å². The first-order chi connectivity index (χ1) is 9.02. The zero-order valence-corrected chi connectivity index (χ0v) is 14.9. The van der Waals surface area contributed by atoms with Crippen LogP contribution in [0.15, 0.2) is 30.3 Å². The number of hydrogen-bond donors (Lipinski definition) is 0. The molecule has 0 heterocycles. The van der Waals surface area contributed by atoms with E-state index in [2.05, 4.69) is 41.9 Å². The number of benzene rings is 1. The maximum absolute atomic E-state index is 5.74. The highest BCUT2D eigenvalue weighted by Gasteiger charge is 2.60. The molecule has 0 saturated carbocycles. The minimum Gasteiger partial charge on any atom is -0.376 e. The molecular weight excluding hydrogens is 324 g/mol. The third-order valence-corrected chi connectivity index (χ3v) is 9.31. The molecule has 0 N–H and O–H groups in total. The van der Waals surface area contributed by atoms with Crippen molar-refractivity contribution in [3.8, 4) is 0 Å². The van der Waals surface area contributed by atoms with Crippen molar-refractivity contribution in [2.45, 2.75) is 30.1 Å². The van der Waals surface area contributed by atoms with Gasteiger partial charge < -0.3 is 13.3 Å². The molecule has 0 aliphatic heterocycles. The number of hydrogen-bond acceptors (Lipinski definition) is 3. The summed E-state index contributed by atoms with van der Waals surface area (Å²) in [5.41, 5.74) is 1.16. The maximum Gasteiger partial charge on any atom is 0.512 e. The van der Waals surface area contributed by atoms with Crippen LogP contribution in [0.25, 0.3) is 0 Å². The van der Waals surface area contributed by atoms with Gasteiger partial charge >= 0.3 is 8.80 Å². The van der Waals surface area contributed by atoms with Crippen LogP contribution in [0.3, 0.4) is 0 Å². The van der Waals surface area contributed by atoms with E-state index in [-0.39, 0.29) is 9.87 Å². The molecule has 2 unspecified atom stereocenters. The van der Waals surface area contributed by atoms with E-state index < -0.39 is 8.80 Å². The Balaban J connectivity index is 3.43. The molecule has 19 heavy (non-hydrogen) atoms. The second-order valence-electron chi connectivity index (χ2n) is 4.61. The van der Waals surface area contributed by atoms with Crippen LogP contribution in [0.4, 0.5) is 0 Å². The Hall–Kier alpha value is -0.203. The fourth-order valence-electron chi connectivity index (χ4n) is 2.63. The smallest absolute Gasteiger partial charge is 0.376 e. The maximum atomic E-state index is 5.74. The molecule has 0 radical (unpaired) electrons. The summed E-state index contributed by atoms with van der Waals surface area (Å²) in [5, 5.41) is -0.346. The summed E-state index contributed by atoms with van der Waals surface area (Å²) in [6.45, 7) is 4.29. The zero-order valence-electron chi connectivity index (χ0n) is 12.3. The van der Waals surface area contributed by atoms with Crippen LogP contribution in [0, 0.1) is 0 Å². The van der Waals surface area contributed by atoms with E-state index in [1.807, 2.05) is 18.2 Å². The zero-order chi connectivity index (χ0) is 14.5. The topological polar surface area (TPSA) is 27.7 Å². The molecule has 0 aliphatic rings. The molecule has 2 atom stereocenters. The third-order valence-electron chi connectivity index (χ3n) is 3.80. The number of alkyl halides is 1. The van der Waals surface area contributed by atoms with Gasteiger partial charge in [-0.2, -0.15) is 0 Å². The van der Waals surface area contributed by atoms with Crippen molar-refractivity contribution in [2.75, 3.05) is 21.3 Å². The van der Waals surface area contributed by atoms with E-state index in [0.29, 0.717) is 0 Å². The van der Waals surface area contributed by atoms with E-state index in [9.17, 15) is 0 Å². The van der Waals surface area contributed by atoms with Gasteiger partial charge in [-0.25, -0.2) is 0 Å². The van der Waals surface area contributed by atoms with Gasteiger partial charge in [0.15, 0.2) is 0 Å². The van der Waals surface area contributed by atoms with Gasteiger partial charge in [-0.15, -0.1) is 0 Å². The van der Waals surface area contributed by atoms with Gasteiger partial charge in [0.1, 0.15) is 0 Å². The average Bonchev–Trinajstić information content (AvgIpc) is 2.49. The van der Waals surface area contributed by atoms with Crippen LogP contribution in [-0.4, -0.2) is 35.0 Å². The second-order valence-corrected chi connectivity index (χ2v) is 9.09. The summed E-state index contributed by atoms with van der Waals surface area (Å²) in [6.07, 6.45) is 0.955. The van der Waals surface area contributed by atoms with Crippen LogP contribution < -0.4 is 0 Å². The quantitative estimate of drug-likeness (QED) is 0.558. The summed E-state index contributed by atoms with van der Waals surface area (Å²) in [4.78, 5) is 0.203. The molecule has 0 spiro atoms. The monoisotopic (exact) mass is 346 g/mol. The van der Waals surface area contributed by atoms with E-state index >= 15 is 0 Å². The van der Waals surface area contributed by atoms with Crippen molar-refractivity contribution < 1.29 is 13.3 Å². The molecule has 0 saturated heterocycles. The molecule has 1 aromatic rings. The SMILES string of the molecule is CCC(Br)C(C)(c1ccccc1)[Si](OC)(OC)OC. The van der Waals surface area contributed by atoms with Crippen molar-refractivity contribution >= 4 is 24.7 Å². The van der Waals surface area contributed by atoms with Gasteiger partial charge in [0.05, 0.1) is 5.04 Å². The molecule has 0 amide bonds. The third kappa shape index (κ3) is 2.80. The first-order valence-electron chi connectivity index (χ1n) is 6.37. The minimum absolute atomic E-state index is 0.203. The van der Waals surface area contributed by atoms with Crippen LogP contribution in [0.1, 0.15) is 25.8 Å². The Kier molecular flexibility index (Phi) is 6.20. The lowest BCUT2D eigenvalue weighted by atomic mass is 9.95. The van der Waals surface area contributed by atoms with E-state index in [1.165, 1.54) is 0 Å². The summed E-state index contributed by atoms with van der Waals surface area (Å²) in [6, 6.07) is 10.3. The molecule has 0 fully saturated rings. The molecule has 108 valence electrons. The highest BCUT2D eigenvalue weighted by molar-refractivity contribution is 9.09. The molecule has 3 nitrogen and oxygen atoms in total. The van der Waals surface area contributed by atoms with Gasteiger partial charge in [0.25, 0.3) is 0 Å². The predicted molar refractivity (Wildman–Crippen MR) is 83.6 cm³/mol. The lowest BCUT2D eigenvalue weighted by molar-refractivity contribution is 0.0926. The Bertz CT molecular complexity index is 375. The summed E-state index contributed by atoms with van der Waals surface area (Å²) < 4.78 is 17.2. The first-order valence-corrected chi connectivity index (χ1v) is 9.01. The summed E-state index contributed by atoms with van der Waals surface area (Å²) in [7, 11) is 2.14. The Morgan fingerprint density at radius 3 is 1.95 bits per heavy atom. The van der Waals surface area contributed by atoms with Gasteiger partial charge in [-0.3, -0.25) is 0 Å². The first kappa shape index (κ1) is 16.9. The molecule has 5 heteroatoms. The van der Waals surface area contributed by atoms with Crippen LogP contribution in [0.5, 0.6) is 0 Å². The molecule has 1 rings (SSSR count). The highest BCUT2D eigenvalue weighted by atomic mass is 79.9. The highest BCUT2D eigenvalue weighted by Crippen LogP contribution is 2.42. The van der Waals surface area contributed by atoms with Crippen molar-refractivity contribution in [1.29, 1.82) is 0 Å². The minimum atomic E-state index is -2.84. The lowest BCUT2D eigenvalue weighted by Gasteiger charge is -2.44. The van der Waals surface area contributed by atoms with E-state index in [1.54, 1.807) is 21.3 Å². The van der Waals surface area contributed by atoms with Crippen LogP contribution >= 0.6 is 15.9 Å². The van der Waals surface area contributed by atoms with Gasteiger partial charge in [0.2, 0.25) is 0 Å². The Morgan fingerprint density at radius 2 is 1.58 bits per heavy atom. The van der Waals surface area contributed by atoms with E-state index in [4.69, 9.17) is 13.3 Å². The second kappa shape index (κ2) is 6.99. The Morgan fingerprint density at radius 1 is 1.11 bits per heavy atom.